The zero-order valence-electron chi connectivity index (χ0n) is 9.40. The summed E-state index contributed by atoms with van der Waals surface area (Å²) in [5.74, 6) is 0. The van der Waals surface area contributed by atoms with Crippen molar-refractivity contribution in [1.82, 2.24) is 10.2 Å². The Kier molecular flexibility index (Phi) is 3.65. The number of aromatic amines is 1. The molecule has 1 heterocycles. The van der Waals surface area contributed by atoms with Gasteiger partial charge in [0, 0.05) is 11.1 Å². The van der Waals surface area contributed by atoms with E-state index in [1.807, 2.05) is 6.07 Å². The average molecular weight is 360 g/mol. The van der Waals surface area contributed by atoms with Crippen LogP contribution in [0, 0.1) is 37.7 Å². The minimum atomic E-state index is -0.251. The number of H-pyrrole nitrogens is 1. The highest BCUT2D eigenvalue weighted by Gasteiger charge is 2.08. The fraction of sp³-hybridized carbons (Fsp3) is 0. The summed E-state index contributed by atoms with van der Waals surface area (Å²) in [4.78, 5) is 0. The van der Waals surface area contributed by atoms with Crippen LogP contribution in [0.15, 0.2) is 29.5 Å². The Morgan fingerprint density at radius 2 is 1.95 bits per heavy atom. The van der Waals surface area contributed by atoms with E-state index in [4.69, 9.17) is 15.8 Å². The molecule has 0 saturated heterocycles. The average Bonchev–Trinajstić information content (AvgIpc) is 2.80. The first-order chi connectivity index (χ1) is 9.19. The van der Waals surface area contributed by atoms with Crippen LogP contribution in [0.3, 0.4) is 0 Å². The smallest absolute Gasteiger partial charge is 0.163 e. The van der Waals surface area contributed by atoms with Gasteiger partial charge in [0.1, 0.15) is 27.6 Å². The summed E-state index contributed by atoms with van der Waals surface area (Å²) in [5.41, 5.74) is 1.01. The molecule has 0 atom stereocenters. The highest BCUT2D eigenvalue weighted by molar-refractivity contribution is 14.1. The number of anilines is 1. The maximum Gasteiger partial charge on any atom is 0.163 e. The number of rotatable bonds is 2. The van der Waals surface area contributed by atoms with Gasteiger partial charge in [-0.05, 0) is 40.8 Å². The second-order valence-corrected chi connectivity index (χ2v) is 4.56. The monoisotopic (exact) mass is 360 g/mol. The molecule has 0 aliphatic rings. The van der Waals surface area contributed by atoms with Crippen LogP contribution in [0.4, 0.5) is 5.69 Å². The Morgan fingerprint density at radius 1 is 1.21 bits per heavy atom. The van der Waals surface area contributed by atoms with Gasteiger partial charge in [-0.1, -0.05) is 0 Å². The number of nitriles is 3. The molecule has 6 nitrogen and oxygen atoms in total. The van der Waals surface area contributed by atoms with E-state index in [-0.39, 0.29) is 11.3 Å². The van der Waals surface area contributed by atoms with Crippen LogP contribution in [0.2, 0.25) is 0 Å². The zero-order valence-corrected chi connectivity index (χ0v) is 11.6. The summed E-state index contributed by atoms with van der Waals surface area (Å²) in [6, 6.07) is 10.5. The lowest BCUT2D eigenvalue weighted by atomic mass is 10.2. The third-order valence-corrected chi connectivity index (χ3v) is 3.19. The number of nitrogens with zero attached hydrogens (tertiary/aromatic N) is 4. The highest BCUT2D eigenvalue weighted by Crippen LogP contribution is 2.22. The molecule has 1 aromatic heterocycles. The topological polar surface area (TPSA) is 112 Å². The van der Waals surface area contributed by atoms with Gasteiger partial charge in [-0.15, -0.1) is 0 Å². The van der Waals surface area contributed by atoms with Gasteiger partial charge in [-0.2, -0.15) is 20.9 Å². The number of nitrogens with one attached hydrogen (secondary N) is 2. The van der Waals surface area contributed by atoms with Gasteiger partial charge >= 0.3 is 0 Å². The summed E-state index contributed by atoms with van der Waals surface area (Å²) in [7, 11) is 0. The van der Waals surface area contributed by atoms with Crippen molar-refractivity contribution < 1.29 is 0 Å². The number of halogens is 1. The van der Waals surface area contributed by atoms with Crippen LogP contribution < -0.4 is 5.32 Å². The highest BCUT2D eigenvalue weighted by atomic mass is 127. The summed E-state index contributed by atoms with van der Waals surface area (Å²) in [5, 5.41) is 37.1. The van der Waals surface area contributed by atoms with Crippen LogP contribution in [0.1, 0.15) is 0 Å². The molecule has 19 heavy (non-hydrogen) atoms. The number of hydrogen-bond donors (Lipinski definition) is 2. The summed E-state index contributed by atoms with van der Waals surface area (Å²) in [6.07, 6.45) is 0. The second kappa shape index (κ2) is 5.38. The maximum absolute atomic E-state index is 8.94. The Bertz CT molecular complexity index is 780. The third-order valence-electron chi connectivity index (χ3n) is 2.36. The van der Waals surface area contributed by atoms with Crippen molar-refractivity contribution in [2.24, 2.45) is 0 Å². The van der Waals surface area contributed by atoms with E-state index < -0.39 is 0 Å². The number of hydrogen-bond acceptors (Lipinski definition) is 5. The van der Waals surface area contributed by atoms with Crippen molar-refractivity contribution in [1.29, 1.82) is 15.8 Å². The Hall–Kier alpha value is -2.57. The van der Waals surface area contributed by atoms with Gasteiger partial charge in [-0.25, -0.2) is 0 Å². The van der Waals surface area contributed by atoms with E-state index in [2.05, 4.69) is 38.1 Å². The first-order valence-electron chi connectivity index (χ1n) is 5.05. The number of benzene rings is 1. The van der Waals surface area contributed by atoms with Crippen LogP contribution >= 0.6 is 22.6 Å². The lowest BCUT2D eigenvalue weighted by Crippen LogP contribution is -2.00. The molecule has 0 radical (unpaired) electrons. The first-order valence-corrected chi connectivity index (χ1v) is 6.12. The van der Waals surface area contributed by atoms with Crippen molar-refractivity contribution >= 4 is 39.2 Å². The molecule has 2 aromatic rings. The molecule has 0 aliphatic heterocycles. The van der Waals surface area contributed by atoms with E-state index >= 15 is 0 Å². The fourth-order valence-corrected chi connectivity index (χ4v) is 2.06. The molecule has 1 aromatic carbocycles. The Balaban J connectivity index is 2.42. The van der Waals surface area contributed by atoms with Crippen LogP contribution in [0.5, 0.6) is 0 Å². The quantitative estimate of drug-likeness (QED) is 0.631. The molecule has 2 N–H and O–H groups in total. The lowest BCUT2D eigenvalue weighted by Gasteiger charge is -2.03. The fourth-order valence-electron chi connectivity index (χ4n) is 1.48. The second-order valence-electron chi connectivity index (χ2n) is 3.48. The van der Waals surface area contributed by atoms with Crippen molar-refractivity contribution in [2.45, 2.75) is 0 Å². The molecule has 90 valence electrons. The van der Waals surface area contributed by atoms with Crippen LogP contribution in [-0.4, -0.2) is 10.2 Å². The molecular formula is C12H5IN6. The largest absolute Gasteiger partial charge is 0.345 e. The standard InChI is InChI=1S/C12H5IN6/c13-12-9-2-1-8(3-10(9)18-19-12)17-11(6-16)7(4-14)5-15/h1-3,17H,(H,18,19). The SMILES string of the molecule is N#CC(C#N)=C(C#N)Nc1ccc2c(I)[nH]nc2c1. The van der Waals surface area contributed by atoms with Gasteiger partial charge in [0.15, 0.2) is 5.57 Å². The molecule has 0 amide bonds. The Morgan fingerprint density at radius 3 is 2.58 bits per heavy atom. The first kappa shape index (κ1) is 12.9. The minimum Gasteiger partial charge on any atom is -0.345 e. The van der Waals surface area contributed by atoms with E-state index in [1.54, 1.807) is 30.3 Å². The van der Waals surface area contributed by atoms with E-state index in [0.717, 1.165) is 14.6 Å². The van der Waals surface area contributed by atoms with E-state index in [0.29, 0.717) is 5.69 Å². The third kappa shape index (κ3) is 2.49. The van der Waals surface area contributed by atoms with Gasteiger partial charge in [0.25, 0.3) is 0 Å². The van der Waals surface area contributed by atoms with Crippen molar-refractivity contribution in [3.63, 3.8) is 0 Å². The zero-order chi connectivity index (χ0) is 13.8. The summed E-state index contributed by atoms with van der Waals surface area (Å²) >= 11 is 2.13. The number of aromatic nitrogens is 2. The molecule has 0 aliphatic carbocycles. The molecular weight excluding hydrogens is 355 g/mol. The number of fused-ring (bicyclic) bond motifs is 1. The molecule has 2 rings (SSSR count). The van der Waals surface area contributed by atoms with Gasteiger partial charge < -0.3 is 5.32 Å². The van der Waals surface area contributed by atoms with E-state index in [1.165, 1.54) is 0 Å². The molecule has 0 unspecified atom stereocenters. The summed E-state index contributed by atoms with van der Waals surface area (Å²) in [6.45, 7) is 0. The van der Waals surface area contributed by atoms with Crippen molar-refractivity contribution in [3.8, 4) is 18.2 Å². The minimum absolute atomic E-state index is 0.0745. The predicted molar refractivity (Wildman–Crippen MR) is 76.3 cm³/mol. The number of allylic oxidation sites excluding steroid dienone is 2. The molecule has 0 fully saturated rings. The van der Waals surface area contributed by atoms with E-state index in [9.17, 15) is 0 Å². The normalized spacial score (nSPS) is 9.16. The van der Waals surface area contributed by atoms with Gasteiger partial charge in [0.05, 0.1) is 5.52 Å². The molecule has 0 saturated carbocycles. The van der Waals surface area contributed by atoms with Crippen molar-refractivity contribution in [3.05, 3.63) is 33.2 Å². The maximum atomic E-state index is 8.94. The Labute approximate surface area is 122 Å². The lowest BCUT2D eigenvalue weighted by molar-refractivity contribution is 1.09. The predicted octanol–water partition coefficient (Wildman–Crippen LogP) is 2.40. The van der Waals surface area contributed by atoms with Gasteiger partial charge in [-0.3, -0.25) is 5.10 Å². The molecule has 0 bridgehead atoms. The molecule has 0 spiro atoms. The molecule has 7 heteroatoms. The van der Waals surface area contributed by atoms with Gasteiger partial charge in [0.2, 0.25) is 0 Å². The summed E-state index contributed by atoms with van der Waals surface area (Å²) < 4.78 is 0.921. The van der Waals surface area contributed by atoms with Crippen molar-refractivity contribution in [2.75, 3.05) is 5.32 Å². The van der Waals surface area contributed by atoms with Crippen LogP contribution in [-0.2, 0) is 0 Å². The van der Waals surface area contributed by atoms with Crippen LogP contribution in [0.25, 0.3) is 10.9 Å².